The molecule has 4 N–H and O–H groups in total. The molecule has 1 heterocycles. The number of hydrogen-bond donors (Lipinski definition) is 2. The number of hydrogen-bond acceptors (Lipinski definition) is 6. The number of benzene rings is 2. The summed E-state index contributed by atoms with van der Waals surface area (Å²) in [6.07, 6.45) is 1.48. The van der Waals surface area contributed by atoms with E-state index in [9.17, 15) is 9.59 Å². The lowest BCUT2D eigenvalue weighted by molar-refractivity contribution is 0.0613. The minimum Gasteiger partial charge on any atom is -0.438 e. The third-order valence-corrected chi connectivity index (χ3v) is 3.53. The number of carbonyl (C=O) groups excluding carboxylic acids is 2. The molecule has 7 nitrogen and oxygen atoms in total. The van der Waals surface area contributed by atoms with Crippen LogP contribution in [0.2, 0.25) is 0 Å². The summed E-state index contributed by atoms with van der Waals surface area (Å²) >= 11 is 0. The number of rotatable bonds is 4. The Morgan fingerprint density at radius 1 is 0.923 bits per heavy atom. The maximum atomic E-state index is 12.7. The van der Waals surface area contributed by atoms with Crippen LogP contribution in [0.25, 0.3) is 0 Å². The van der Waals surface area contributed by atoms with Crippen LogP contribution >= 0.6 is 0 Å². The van der Waals surface area contributed by atoms with E-state index >= 15 is 0 Å². The quantitative estimate of drug-likeness (QED) is 0.246. The molecule has 3 rings (SSSR count). The Bertz CT molecular complexity index is 944. The van der Waals surface area contributed by atoms with Gasteiger partial charge in [0.25, 0.3) is 11.8 Å². The van der Waals surface area contributed by atoms with Crippen LogP contribution in [0.15, 0.2) is 72.9 Å². The minimum atomic E-state index is -0.739. The predicted octanol–water partition coefficient (Wildman–Crippen LogP) is 2.61. The molecule has 0 saturated carbocycles. The van der Waals surface area contributed by atoms with Gasteiger partial charge in [0.2, 0.25) is 5.88 Å². The van der Waals surface area contributed by atoms with Crippen molar-refractivity contribution in [3.63, 3.8) is 0 Å². The van der Waals surface area contributed by atoms with Crippen LogP contribution in [0.4, 0.5) is 5.69 Å². The van der Waals surface area contributed by atoms with E-state index in [1.165, 1.54) is 24.4 Å². The van der Waals surface area contributed by atoms with Crippen molar-refractivity contribution < 1.29 is 14.3 Å². The summed E-state index contributed by atoms with van der Waals surface area (Å²) in [5, 5.41) is 0.517. The Kier molecular flexibility index (Phi) is 4.91. The van der Waals surface area contributed by atoms with Crippen LogP contribution in [0, 0.1) is 0 Å². The van der Waals surface area contributed by atoms with Gasteiger partial charge >= 0.3 is 0 Å². The van der Waals surface area contributed by atoms with Crippen LogP contribution in [0.1, 0.15) is 20.7 Å². The first kappa shape index (κ1) is 17.1. The zero-order valence-corrected chi connectivity index (χ0v) is 13.7. The van der Waals surface area contributed by atoms with Gasteiger partial charge in [0, 0.05) is 17.4 Å². The number of aromatic nitrogens is 1. The van der Waals surface area contributed by atoms with Crippen LogP contribution in [-0.2, 0) is 0 Å². The molecule has 0 saturated heterocycles. The first-order valence-electron chi connectivity index (χ1n) is 7.73. The van der Waals surface area contributed by atoms with Crippen LogP contribution in [0.3, 0.4) is 0 Å². The molecule has 0 aliphatic heterocycles. The largest absolute Gasteiger partial charge is 0.438 e. The number of amides is 2. The fourth-order valence-corrected chi connectivity index (χ4v) is 2.27. The first-order chi connectivity index (χ1) is 12.6. The Hall–Kier alpha value is -3.71. The second-order valence-electron chi connectivity index (χ2n) is 5.38. The summed E-state index contributed by atoms with van der Waals surface area (Å²) < 4.78 is 5.64. The third-order valence-electron chi connectivity index (χ3n) is 3.53. The average molecular weight is 348 g/mol. The van der Waals surface area contributed by atoms with E-state index in [1.54, 1.807) is 42.5 Å². The molecule has 0 radical (unpaired) electrons. The fourth-order valence-electron chi connectivity index (χ4n) is 2.27. The standard InChI is InChI=1S/C19H16N4O3/c20-14-7-4-6-13(12-14)18(24)23(21)19(25)16-10-5-11-22-17(16)26-15-8-2-1-3-9-15/h1-12H,20-21H2. The molecule has 0 aliphatic carbocycles. The molecule has 26 heavy (non-hydrogen) atoms. The highest BCUT2D eigenvalue weighted by Crippen LogP contribution is 2.23. The molecule has 0 spiro atoms. The van der Waals surface area contributed by atoms with Crippen molar-refractivity contribution in [3.8, 4) is 11.6 Å². The number of nitrogen functional groups attached to an aromatic ring is 1. The molecule has 0 aliphatic rings. The van der Waals surface area contributed by atoms with E-state index in [2.05, 4.69) is 4.98 Å². The number of hydrazine groups is 1. The van der Waals surface area contributed by atoms with Gasteiger partial charge in [0.1, 0.15) is 11.3 Å². The van der Waals surface area contributed by atoms with Gasteiger partial charge in [-0.3, -0.25) is 9.59 Å². The molecule has 0 bridgehead atoms. The van der Waals surface area contributed by atoms with Crippen LogP contribution < -0.4 is 16.3 Å². The van der Waals surface area contributed by atoms with Crippen molar-refractivity contribution in [1.29, 1.82) is 0 Å². The number of para-hydroxylation sites is 1. The topological polar surface area (TPSA) is 112 Å². The van der Waals surface area contributed by atoms with Crippen molar-refractivity contribution in [2.24, 2.45) is 5.84 Å². The van der Waals surface area contributed by atoms with Crippen LogP contribution in [0.5, 0.6) is 11.6 Å². The Balaban J connectivity index is 1.86. The first-order valence-corrected chi connectivity index (χ1v) is 7.73. The number of nitrogens with zero attached hydrogens (tertiary/aromatic N) is 2. The smallest absolute Gasteiger partial charge is 0.280 e. The lowest BCUT2D eigenvalue weighted by Crippen LogP contribution is -2.42. The van der Waals surface area contributed by atoms with E-state index < -0.39 is 11.8 Å². The minimum absolute atomic E-state index is 0.0551. The van der Waals surface area contributed by atoms with Gasteiger partial charge in [0.05, 0.1) is 0 Å². The summed E-state index contributed by atoms with van der Waals surface area (Å²) in [4.78, 5) is 29.2. The molecule has 2 amide bonds. The zero-order chi connectivity index (χ0) is 18.5. The SMILES string of the molecule is Nc1cccc(C(=O)N(N)C(=O)c2cccnc2Oc2ccccc2)c1. The molecule has 1 aromatic heterocycles. The lowest BCUT2D eigenvalue weighted by Gasteiger charge is -2.16. The number of ether oxygens (including phenoxy) is 1. The number of carbonyl (C=O) groups is 2. The Labute approximate surface area is 149 Å². The van der Waals surface area contributed by atoms with Gasteiger partial charge in [-0.25, -0.2) is 15.8 Å². The Morgan fingerprint density at radius 2 is 1.69 bits per heavy atom. The van der Waals surface area contributed by atoms with Gasteiger partial charge in [-0.1, -0.05) is 24.3 Å². The van der Waals surface area contributed by atoms with E-state index in [1.807, 2.05) is 6.07 Å². The number of pyridine rings is 1. The molecule has 0 atom stereocenters. The summed E-state index contributed by atoms with van der Waals surface area (Å²) in [5.74, 6) is 4.89. The maximum Gasteiger partial charge on any atom is 0.280 e. The van der Waals surface area contributed by atoms with E-state index in [0.29, 0.717) is 16.4 Å². The number of nitrogens with two attached hydrogens (primary N) is 2. The summed E-state index contributed by atoms with van der Waals surface area (Å²) in [7, 11) is 0. The highest BCUT2D eigenvalue weighted by molar-refractivity contribution is 6.10. The zero-order valence-electron chi connectivity index (χ0n) is 13.7. The van der Waals surface area contributed by atoms with Crippen molar-refractivity contribution >= 4 is 17.5 Å². The van der Waals surface area contributed by atoms with Gasteiger partial charge in [-0.2, -0.15) is 0 Å². The average Bonchev–Trinajstić information content (AvgIpc) is 2.67. The molecule has 7 heteroatoms. The number of anilines is 1. The second-order valence-corrected chi connectivity index (χ2v) is 5.38. The number of imide groups is 1. The summed E-state index contributed by atoms with van der Waals surface area (Å²) in [6.45, 7) is 0. The monoisotopic (exact) mass is 348 g/mol. The summed E-state index contributed by atoms with van der Waals surface area (Å²) in [5.41, 5.74) is 6.33. The Morgan fingerprint density at radius 3 is 2.42 bits per heavy atom. The van der Waals surface area contributed by atoms with Crippen molar-refractivity contribution in [1.82, 2.24) is 9.99 Å². The molecular weight excluding hydrogens is 332 g/mol. The highest BCUT2D eigenvalue weighted by atomic mass is 16.5. The maximum absolute atomic E-state index is 12.7. The van der Waals surface area contributed by atoms with Crippen molar-refractivity contribution in [2.75, 3.05) is 5.73 Å². The fraction of sp³-hybridized carbons (Fsp3) is 0. The van der Waals surface area contributed by atoms with E-state index in [-0.39, 0.29) is 17.0 Å². The third kappa shape index (κ3) is 3.68. The molecule has 0 unspecified atom stereocenters. The second kappa shape index (κ2) is 7.45. The normalized spacial score (nSPS) is 10.2. The van der Waals surface area contributed by atoms with E-state index in [0.717, 1.165) is 0 Å². The molecule has 130 valence electrons. The van der Waals surface area contributed by atoms with Gasteiger partial charge < -0.3 is 10.5 Å². The van der Waals surface area contributed by atoms with Crippen LogP contribution in [-0.4, -0.2) is 21.8 Å². The van der Waals surface area contributed by atoms with Gasteiger partial charge in [-0.15, -0.1) is 0 Å². The van der Waals surface area contributed by atoms with Gasteiger partial charge in [-0.05, 0) is 42.5 Å². The molecule has 2 aromatic carbocycles. The highest BCUT2D eigenvalue weighted by Gasteiger charge is 2.24. The molecule has 0 fully saturated rings. The van der Waals surface area contributed by atoms with Gasteiger partial charge in [0.15, 0.2) is 0 Å². The van der Waals surface area contributed by atoms with Crippen molar-refractivity contribution in [3.05, 3.63) is 84.1 Å². The molecular formula is C19H16N4O3. The van der Waals surface area contributed by atoms with E-state index in [4.69, 9.17) is 16.3 Å². The molecule has 3 aromatic rings. The summed E-state index contributed by atoms with van der Waals surface area (Å²) in [6, 6.07) is 18.1. The predicted molar refractivity (Wildman–Crippen MR) is 96.3 cm³/mol. The lowest BCUT2D eigenvalue weighted by atomic mass is 10.1. The van der Waals surface area contributed by atoms with Crippen molar-refractivity contribution in [2.45, 2.75) is 0 Å².